The normalized spacial score (nSPS) is 16.1. The molecule has 7 nitrogen and oxygen atoms in total. The number of nitrogens with zero attached hydrogens (tertiary/aromatic N) is 1. The Kier molecular flexibility index (Phi) is 7.07. The Balaban J connectivity index is 2.36. The largest absolute Gasteiger partial charge is 0.506 e. The lowest BCUT2D eigenvalue weighted by atomic mass is 10.1. The summed E-state index contributed by atoms with van der Waals surface area (Å²) >= 11 is 11.9. The fraction of sp³-hybridized carbons (Fsp3) is 0.375. The van der Waals surface area contributed by atoms with Crippen LogP contribution >= 0.6 is 23.2 Å². The molecule has 0 spiro atoms. The van der Waals surface area contributed by atoms with Crippen LogP contribution in [-0.4, -0.2) is 54.9 Å². The third kappa shape index (κ3) is 5.09. The number of carbonyl (C=O) groups is 2. The van der Waals surface area contributed by atoms with Gasteiger partial charge in [0.2, 0.25) is 0 Å². The molecule has 1 aromatic carbocycles. The number of hydrogen-bond acceptors (Lipinski definition) is 6. The molecule has 2 N–H and O–H groups in total. The Morgan fingerprint density at radius 1 is 1.32 bits per heavy atom. The first kappa shape index (κ1) is 19.5. The van der Waals surface area contributed by atoms with E-state index in [9.17, 15) is 14.7 Å². The first-order chi connectivity index (χ1) is 11.9. The van der Waals surface area contributed by atoms with Gasteiger partial charge in [0, 0.05) is 23.7 Å². The molecule has 1 saturated heterocycles. The van der Waals surface area contributed by atoms with Crippen molar-refractivity contribution in [2.75, 3.05) is 32.9 Å². The summed E-state index contributed by atoms with van der Waals surface area (Å²) in [6.45, 7) is 3.48. The lowest BCUT2D eigenvalue weighted by Crippen LogP contribution is -2.49. The number of hydrazine groups is 1. The van der Waals surface area contributed by atoms with Crippen LogP contribution in [0.25, 0.3) is 5.76 Å². The molecule has 0 saturated carbocycles. The van der Waals surface area contributed by atoms with Gasteiger partial charge in [0.15, 0.2) is 5.57 Å². The number of rotatable bonds is 5. The van der Waals surface area contributed by atoms with E-state index >= 15 is 0 Å². The van der Waals surface area contributed by atoms with Gasteiger partial charge in [-0.3, -0.25) is 10.2 Å². The fourth-order valence-electron chi connectivity index (χ4n) is 2.19. The average molecular weight is 389 g/mol. The smallest absolute Gasteiger partial charge is 0.347 e. The molecule has 2 rings (SSSR count). The minimum absolute atomic E-state index is 0.0504. The van der Waals surface area contributed by atoms with Gasteiger partial charge >= 0.3 is 5.97 Å². The molecule has 1 fully saturated rings. The van der Waals surface area contributed by atoms with Crippen LogP contribution in [-0.2, 0) is 19.1 Å². The van der Waals surface area contributed by atoms with Crippen LogP contribution in [0.3, 0.4) is 0 Å². The molecule has 25 heavy (non-hydrogen) atoms. The van der Waals surface area contributed by atoms with Gasteiger partial charge in [0.25, 0.3) is 5.91 Å². The van der Waals surface area contributed by atoms with E-state index in [1.54, 1.807) is 11.9 Å². The molecule has 9 heteroatoms. The molecule has 0 radical (unpaired) electrons. The number of amides is 1. The minimum atomic E-state index is -0.947. The van der Waals surface area contributed by atoms with Crippen molar-refractivity contribution in [2.45, 2.75) is 6.92 Å². The van der Waals surface area contributed by atoms with E-state index in [1.807, 2.05) is 0 Å². The summed E-state index contributed by atoms with van der Waals surface area (Å²) < 4.78 is 10.1. The monoisotopic (exact) mass is 388 g/mol. The Morgan fingerprint density at radius 3 is 2.60 bits per heavy atom. The summed E-state index contributed by atoms with van der Waals surface area (Å²) in [6, 6.07) is 4.31. The predicted octanol–water partition coefficient (Wildman–Crippen LogP) is 2.19. The number of aliphatic hydroxyl groups is 1. The van der Waals surface area contributed by atoms with Crippen LogP contribution in [0.4, 0.5) is 0 Å². The van der Waals surface area contributed by atoms with Gasteiger partial charge in [0.1, 0.15) is 5.76 Å². The maximum Gasteiger partial charge on any atom is 0.347 e. The lowest BCUT2D eigenvalue weighted by molar-refractivity contribution is -0.141. The summed E-state index contributed by atoms with van der Waals surface area (Å²) in [5, 5.41) is 12.6. The highest BCUT2D eigenvalue weighted by molar-refractivity contribution is 6.36. The van der Waals surface area contributed by atoms with Crippen molar-refractivity contribution in [2.24, 2.45) is 0 Å². The van der Waals surface area contributed by atoms with Crippen molar-refractivity contribution >= 4 is 40.8 Å². The first-order valence-corrected chi connectivity index (χ1v) is 8.39. The van der Waals surface area contributed by atoms with E-state index in [2.05, 4.69) is 5.43 Å². The van der Waals surface area contributed by atoms with Gasteiger partial charge in [-0.25, -0.2) is 9.80 Å². The highest BCUT2D eigenvalue weighted by Gasteiger charge is 2.28. The molecule has 1 aliphatic heterocycles. The van der Waals surface area contributed by atoms with Gasteiger partial charge in [-0.05, 0) is 25.1 Å². The second-order valence-corrected chi connectivity index (χ2v) is 5.95. The summed E-state index contributed by atoms with van der Waals surface area (Å²) in [4.78, 5) is 24.7. The van der Waals surface area contributed by atoms with Crippen LogP contribution in [0, 0.1) is 0 Å². The second-order valence-electron chi connectivity index (χ2n) is 5.11. The molecule has 1 heterocycles. The van der Waals surface area contributed by atoms with Crippen LogP contribution in [0.1, 0.15) is 12.5 Å². The highest BCUT2D eigenvalue weighted by Crippen LogP contribution is 2.28. The molecule has 136 valence electrons. The second kappa shape index (κ2) is 9.05. The van der Waals surface area contributed by atoms with Gasteiger partial charge in [-0.1, -0.05) is 23.2 Å². The number of ether oxygens (including phenoxy) is 2. The van der Waals surface area contributed by atoms with E-state index in [4.69, 9.17) is 32.7 Å². The molecule has 1 amide bonds. The van der Waals surface area contributed by atoms with Crippen molar-refractivity contribution in [3.63, 3.8) is 0 Å². The topological polar surface area (TPSA) is 88.1 Å². The predicted molar refractivity (Wildman–Crippen MR) is 93.2 cm³/mol. The summed E-state index contributed by atoms with van der Waals surface area (Å²) in [5.41, 5.74) is 2.14. The summed E-state index contributed by atoms with van der Waals surface area (Å²) in [7, 11) is 0. The SMILES string of the molecule is CCOC(=O)C(C(=O)NN1CCOCC1)=C(O)c1ccc(Cl)cc1Cl. The zero-order chi connectivity index (χ0) is 18.4. The molecule has 0 bridgehead atoms. The number of hydrogen-bond donors (Lipinski definition) is 2. The van der Waals surface area contributed by atoms with Crippen molar-refractivity contribution in [1.29, 1.82) is 0 Å². The summed E-state index contributed by atoms with van der Waals surface area (Å²) in [5.74, 6) is -2.31. The molecule has 1 aromatic rings. The van der Waals surface area contributed by atoms with Gasteiger partial charge in [0.05, 0.1) is 24.8 Å². The van der Waals surface area contributed by atoms with E-state index in [0.29, 0.717) is 31.3 Å². The number of benzene rings is 1. The van der Waals surface area contributed by atoms with Gasteiger partial charge < -0.3 is 14.6 Å². The first-order valence-electron chi connectivity index (χ1n) is 7.63. The molecule has 0 unspecified atom stereocenters. The minimum Gasteiger partial charge on any atom is -0.506 e. The number of halogens is 2. The van der Waals surface area contributed by atoms with Crippen molar-refractivity contribution < 1.29 is 24.2 Å². The third-order valence-corrected chi connectivity index (χ3v) is 3.95. The molecular weight excluding hydrogens is 371 g/mol. The number of morpholine rings is 1. The Morgan fingerprint density at radius 2 is 2.00 bits per heavy atom. The van der Waals surface area contributed by atoms with Gasteiger partial charge in [-0.15, -0.1) is 0 Å². The number of aliphatic hydroxyl groups excluding tert-OH is 1. The zero-order valence-electron chi connectivity index (χ0n) is 13.6. The zero-order valence-corrected chi connectivity index (χ0v) is 15.1. The van der Waals surface area contributed by atoms with Crippen molar-refractivity contribution in [1.82, 2.24) is 10.4 Å². The van der Waals surface area contributed by atoms with Crippen LogP contribution in [0.2, 0.25) is 10.0 Å². The van der Waals surface area contributed by atoms with Crippen LogP contribution in [0.15, 0.2) is 23.8 Å². The number of esters is 1. The van der Waals surface area contributed by atoms with Crippen molar-refractivity contribution in [3.05, 3.63) is 39.4 Å². The molecule has 0 aliphatic carbocycles. The maximum absolute atomic E-state index is 12.5. The van der Waals surface area contributed by atoms with E-state index in [0.717, 1.165) is 0 Å². The average Bonchev–Trinajstić information content (AvgIpc) is 2.56. The third-order valence-electron chi connectivity index (χ3n) is 3.40. The molecule has 1 aliphatic rings. The fourth-order valence-corrected chi connectivity index (χ4v) is 2.69. The number of nitrogens with one attached hydrogen (secondary N) is 1. The maximum atomic E-state index is 12.5. The molecular formula is C16H18Cl2N2O5. The van der Waals surface area contributed by atoms with E-state index in [-0.39, 0.29) is 17.2 Å². The standard InChI is InChI=1S/C16H18Cl2N2O5/c1-2-25-16(23)13(15(22)19-20-5-7-24-8-6-20)14(21)11-4-3-10(17)9-12(11)18/h3-4,9,21H,2,5-8H2,1H3,(H,19,22). The summed E-state index contributed by atoms with van der Waals surface area (Å²) in [6.07, 6.45) is 0. The quantitative estimate of drug-likeness (QED) is 0.264. The Bertz CT molecular complexity index is 687. The van der Waals surface area contributed by atoms with E-state index < -0.39 is 23.2 Å². The van der Waals surface area contributed by atoms with Crippen molar-refractivity contribution in [3.8, 4) is 0 Å². The molecule has 0 aromatic heterocycles. The Labute approximate surface area is 155 Å². The van der Waals surface area contributed by atoms with Crippen LogP contribution < -0.4 is 5.43 Å². The van der Waals surface area contributed by atoms with Crippen LogP contribution in [0.5, 0.6) is 0 Å². The number of carbonyl (C=O) groups excluding carboxylic acids is 2. The van der Waals surface area contributed by atoms with Gasteiger partial charge in [-0.2, -0.15) is 0 Å². The highest BCUT2D eigenvalue weighted by atomic mass is 35.5. The van der Waals surface area contributed by atoms with E-state index in [1.165, 1.54) is 18.2 Å². The lowest BCUT2D eigenvalue weighted by Gasteiger charge is -2.27. The molecule has 0 atom stereocenters. The Hall–Kier alpha value is -1.80.